The SMILES string of the molecule is Cc1cc(OCCN2CCN(C)CC2)cc(C)c1-c1cccc(OCc2ccc(CCC(=O)O)cc2)n1. The molecule has 7 nitrogen and oxygen atoms in total. The Hall–Kier alpha value is -3.42. The van der Waals surface area contributed by atoms with Crippen molar-refractivity contribution in [2.75, 3.05) is 46.4 Å². The summed E-state index contributed by atoms with van der Waals surface area (Å²) in [6.07, 6.45) is 0.661. The van der Waals surface area contributed by atoms with Crippen molar-refractivity contribution in [1.82, 2.24) is 14.8 Å². The van der Waals surface area contributed by atoms with Crippen molar-refractivity contribution in [2.45, 2.75) is 33.3 Å². The van der Waals surface area contributed by atoms with Gasteiger partial charge in [0.05, 0.1) is 5.69 Å². The molecule has 1 saturated heterocycles. The second-order valence-electron chi connectivity index (χ2n) is 9.79. The van der Waals surface area contributed by atoms with Gasteiger partial charge in [0, 0.05) is 50.8 Å². The highest BCUT2D eigenvalue weighted by atomic mass is 16.5. The van der Waals surface area contributed by atoms with Crippen LogP contribution in [0.25, 0.3) is 11.3 Å². The molecule has 7 heteroatoms. The van der Waals surface area contributed by atoms with Gasteiger partial charge in [-0.2, -0.15) is 0 Å². The molecule has 0 atom stereocenters. The van der Waals surface area contributed by atoms with E-state index in [1.807, 2.05) is 42.5 Å². The number of ether oxygens (including phenoxy) is 2. The molecule has 0 saturated carbocycles. The van der Waals surface area contributed by atoms with Crippen molar-refractivity contribution < 1.29 is 19.4 Å². The van der Waals surface area contributed by atoms with Crippen LogP contribution in [0.15, 0.2) is 54.6 Å². The molecule has 0 aliphatic carbocycles. The summed E-state index contributed by atoms with van der Waals surface area (Å²) in [5.74, 6) is 0.679. The number of carboxylic acids is 1. The van der Waals surface area contributed by atoms with Gasteiger partial charge in [0.1, 0.15) is 19.0 Å². The lowest BCUT2D eigenvalue weighted by Crippen LogP contribution is -2.45. The van der Waals surface area contributed by atoms with E-state index in [0.29, 0.717) is 25.5 Å². The zero-order chi connectivity index (χ0) is 26.2. The zero-order valence-corrected chi connectivity index (χ0v) is 22.1. The van der Waals surface area contributed by atoms with Crippen molar-refractivity contribution in [1.29, 1.82) is 0 Å². The first-order valence-electron chi connectivity index (χ1n) is 12.9. The minimum absolute atomic E-state index is 0.134. The third-order valence-corrected chi connectivity index (χ3v) is 6.80. The van der Waals surface area contributed by atoms with Crippen LogP contribution in [-0.4, -0.2) is 72.2 Å². The maximum Gasteiger partial charge on any atom is 0.303 e. The summed E-state index contributed by atoms with van der Waals surface area (Å²) in [6.45, 7) is 10.6. The largest absolute Gasteiger partial charge is 0.492 e. The van der Waals surface area contributed by atoms with Gasteiger partial charge in [0.15, 0.2) is 0 Å². The van der Waals surface area contributed by atoms with Gasteiger partial charge in [-0.25, -0.2) is 4.98 Å². The van der Waals surface area contributed by atoms with Gasteiger partial charge in [0.25, 0.3) is 0 Å². The lowest BCUT2D eigenvalue weighted by molar-refractivity contribution is -0.136. The van der Waals surface area contributed by atoms with Crippen molar-refractivity contribution in [3.05, 3.63) is 76.9 Å². The molecule has 0 unspecified atom stereocenters. The van der Waals surface area contributed by atoms with Gasteiger partial charge < -0.3 is 19.5 Å². The fourth-order valence-electron chi connectivity index (χ4n) is 4.62. The van der Waals surface area contributed by atoms with Crippen LogP contribution in [0.2, 0.25) is 0 Å². The standard InChI is InChI=1S/C30H37N3O4/c1-22-19-26(36-18-17-33-15-13-32(3)14-16-33)20-23(2)30(22)27-5-4-6-28(31-27)37-21-25-9-7-24(8-10-25)11-12-29(34)35/h4-10,19-20H,11-18,21H2,1-3H3,(H,34,35). The Bertz CT molecular complexity index is 1160. The number of aromatic nitrogens is 1. The van der Waals surface area contributed by atoms with E-state index in [1.165, 1.54) is 0 Å². The molecular weight excluding hydrogens is 466 g/mol. The fourth-order valence-corrected chi connectivity index (χ4v) is 4.62. The first kappa shape index (κ1) is 26.6. The van der Waals surface area contributed by atoms with Gasteiger partial charge in [-0.15, -0.1) is 0 Å². The lowest BCUT2D eigenvalue weighted by atomic mass is 9.99. The van der Waals surface area contributed by atoms with Crippen molar-refractivity contribution in [3.63, 3.8) is 0 Å². The molecule has 0 bridgehead atoms. The fraction of sp³-hybridized carbons (Fsp3) is 0.400. The van der Waals surface area contributed by atoms with Gasteiger partial charge >= 0.3 is 5.97 Å². The van der Waals surface area contributed by atoms with Gasteiger partial charge in [-0.05, 0) is 67.8 Å². The van der Waals surface area contributed by atoms with E-state index in [-0.39, 0.29) is 6.42 Å². The van der Waals surface area contributed by atoms with E-state index in [9.17, 15) is 4.79 Å². The van der Waals surface area contributed by atoms with Crippen LogP contribution in [0.4, 0.5) is 0 Å². The number of carboxylic acid groups (broad SMARTS) is 1. The van der Waals surface area contributed by atoms with Crippen LogP contribution < -0.4 is 9.47 Å². The summed E-state index contributed by atoms with van der Waals surface area (Å²) < 4.78 is 12.1. The molecule has 1 aromatic heterocycles. The number of nitrogens with zero attached hydrogens (tertiary/aromatic N) is 3. The minimum Gasteiger partial charge on any atom is -0.492 e. The normalized spacial score (nSPS) is 14.5. The molecule has 2 heterocycles. The summed E-state index contributed by atoms with van der Waals surface area (Å²) >= 11 is 0. The van der Waals surface area contributed by atoms with E-state index in [4.69, 9.17) is 19.6 Å². The number of piperazine rings is 1. The molecule has 3 aromatic rings. The molecule has 2 aromatic carbocycles. The quantitative estimate of drug-likeness (QED) is 0.410. The lowest BCUT2D eigenvalue weighted by Gasteiger charge is -2.32. The average molecular weight is 504 g/mol. The Morgan fingerprint density at radius 1 is 0.946 bits per heavy atom. The highest BCUT2D eigenvalue weighted by Gasteiger charge is 2.14. The molecule has 1 fully saturated rings. The van der Waals surface area contributed by atoms with E-state index in [2.05, 4.69) is 42.8 Å². The third kappa shape index (κ3) is 7.78. The van der Waals surface area contributed by atoms with Crippen LogP contribution in [0.3, 0.4) is 0 Å². The molecule has 1 N–H and O–H groups in total. The average Bonchev–Trinajstić information content (AvgIpc) is 2.88. The first-order valence-corrected chi connectivity index (χ1v) is 12.9. The smallest absolute Gasteiger partial charge is 0.303 e. The number of pyridine rings is 1. The maximum absolute atomic E-state index is 10.8. The Kier molecular flexibility index (Phi) is 9.14. The number of likely N-dealkylation sites (N-methyl/N-ethyl adjacent to an activating group) is 1. The molecule has 1 aliphatic heterocycles. The predicted octanol–water partition coefficient (Wildman–Crippen LogP) is 4.59. The Morgan fingerprint density at radius 3 is 2.30 bits per heavy atom. The second-order valence-corrected chi connectivity index (χ2v) is 9.79. The van der Waals surface area contributed by atoms with E-state index in [0.717, 1.165) is 72.0 Å². The van der Waals surface area contributed by atoms with E-state index in [1.54, 1.807) is 0 Å². The molecular formula is C30H37N3O4. The highest BCUT2D eigenvalue weighted by molar-refractivity contribution is 5.69. The van der Waals surface area contributed by atoms with Crippen LogP contribution in [0.5, 0.6) is 11.6 Å². The third-order valence-electron chi connectivity index (χ3n) is 6.80. The molecule has 37 heavy (non-hydrogen) atoms. The monoisotopic (exact) mass is 503 g/mol. The van der Waals surface area contributed by atoms with Crippen LogP contribution in [-0.2, 0) is 17.8 Å². The molecule has 0 amide bonds. The van der Waals surface area contributed by atoms with E-state index >= 15 is 0 Å². The molecule has 1 aliphatic rings. The summed E-state index contributed by atoms with van der Waals surface area (Å²) in [6, 6.07) is 17.9. The number of carbonyl (C=O) groups is 1. The van der Waals surface area contributed by atoms with Gasteiger partial charge in [-0.1, -0.05) is 30.3 Å². The van der Waals surface area contributed by atoms with Gasteiger partial charge in [0.2, 0.25) is 5.88 Å². The molecule has 0 radical (unpaired) electrons. The van der Waals surface area contributed by atoms with Crippen molar-refractivity contribution >= 4 is 5.97 Å². The van der Waals surface area contributed by atoms with E-state index < -0.39 is 5.97 Å². The van der Waals surface area contributed by atoms with Crippen molar-refractivity contribution in [3.8, 4) is 22.9 Å². The van der Waals surface area contributed by atoms with Crippen LogP contribution in [0.1, 0.15) is 28.7 Å². The predicted molar refractivity (Wildman–Crippen MR) is 145 cm³/mol. The van der Waals surface area contributed by atoms with Crippen molar-refractivity contribution in [2.24, 2.45) is 0 Å². The zero-order valence-electron chi connectivity index (χ0n) is 22.1. The second kappa shape index (κ2) is 12.7. The number of rotatable bonds is 11. The number of hydrogen-bond acceptors (Lipinski definition) is 6. The summed E-state index contributed by atoms with van der Waals surface area (Å²) in [5.41, 5.74) is 6.23. The number of aliphatic carboxylic acids is 1. The number of benzene rings is 2. The number of hydrogen-bond donors (Lipinski definition) is 1. The molecule has 0 spiro atoms. The molecule has 4 rings (SSSR count). The van der Waals surface area contributed by atoms with Gasteiger partial charge in [-0.3, -0.25) is 9.69 Å². The number of aryl methyl sites for hydroxylation is 3. The Balaban J connectivity index is 1.34. The Labute approximate surface area is 219 Å². The maximum atomic E-state index is 10.8. The highest BCUT2D eigenvalue weighted by Crippen LogP contribution is 2.31. The summed E-state index contributed by atoms with van der Waals surface area (Å²) in [4.78, 5) is 20.3. The Morgan fingerprint density at radius 2 is 1.62 bits per heavy atom. The van der Waals surface area contributed by atoms with Crippen LogP contribution in [0, 0.1) is 13.8 Å². The molecule has 196 valence electrons. The minimum atomic E-state index is -0.785. The topological polar surface area (TPSA) is 75.1 Å². The summed E-state index contributed by atoms with van der Waals surface area (Å²) in [7, 11) is 2.17. The summed E-state index contributed by atoms with van der Waals surface area (Å²) in [5, 5.41) is 8.84. The van der Waals surface area contributed by atoms with Crippen LogP contribution >= 0.6 is 0 Å². The first-order chi connectivity index (χ1) is 17.9.